The summed E-state index contributed by atoms with van der Waals surface area (Å²) in [4.78, 5) is 12.5. The number of anilines is 1. The third-order valence-electron chi connectivity index (χ3n) is 4.85. The Labute approximate surface area is 180 Å². The number of hydrazine groups is 1. The molecule has 0 spiro atoms. The van der Waals surface area contributed by atoms with Crippen LogP contribution in [0.3, 0.4) is 0 Å². The summed E-state index contributed by atoms with van der Waals surface area (Å²) in [7, 11) is 0. The molecule has 0 bridgehead atoms. The van der Waals surface area contributed by atoms with Crippen molar-refractivity contribution in [2.75, 3.05) is 11.9 Å². The topological polar surface area (TPSA) is 65.2 Å². The fraction of sp³-hybridized carbons (Fsp3) is 0.0800. The van der Waals surface area contributed by atoms with Crippen LogP contribution in [0.2, 0.25) is 0 Å². The number of halogens is 1. The molecule has 1 heterocycles. The van der Waals surface area contributed by atoms with Gasteiger partial charge in [0.05, 0.1) is 5.70 Å². The maximum absolute atomic E-state index is 13.0. The quantitative estimate of drug-likeness (QED) is 0.468. The normalized spacial score (nSPS) is 12.7. The number of allylic oxidation sites excluding steroid dienone is 2. The van der Waals surface area contributed by atoms with E-state index in [1.165, 1.54) is 12.1 Å². The molecule has 156 valence electrons. The summed E-state index contributed by atoms with van der Waals surface area (Å²) in [6.45, 7) is 0.478. The van der Waals surface area contributed by atoms with Gasteiger partial charge in [0.1, 0.15) is 11.6 Å². The van der Waals surface area contributed by atoms with Crippen LogP contribution >= 0.6 is 0 Å². The summed E-state index contributed by atoms with van der Waals surface area (Å²) < 4.78 is 13.0. The second-order valence-electron chi connectivity index (χ2n) is 7.11. The number of benzene rings is 3. The molecule has 5 nitrogen and oxygen atoms in total. The van der Waals surface area contributed by atoms with Crippen molar-refractivity contribution < 1.29 is 9.18 Å². The van der Waals surface area contributed by atoms with Gasteiger partial charge in [0.2, 0.25) is 0 Å². The molecule has 0 radical (unpaired) electrons. The standard InChI is InChI=1S/C25H23FN4O/c26-21-11-9-18(10-12-21)15-16-27-25(31)20-7-4-8-22(17-20)28-24-14-13-23(29-30-24)19-5-2-1-3-6-19/h1-14,17,28-30H,15-16H2,(H,27,31). The SMILES string of the molecule is O=C(NCCc1ccc(F)cc1)c1cccc(NC2=CC=C(c3ccccc3)NN2)c1. The Kier molecular flexibility index (Phi) is 6.28. The molecule has 0 aromatic heterocycles. The molecule has 1 aliphatic heterocycles. The highest BCUT2D eigenvalue weighted by Gasteiger charge is 2.09. The van der Waals surface area contributed by atoms with Gasteiger partial charge in [-0.2, -0.15) is 0 Å². The van der Waals surface area contributed by atoms with Gasteiger partial charge >= 0.3 is 0 Å². The van der Waals surface area contributed by atoms with Crippen molar-refractivity contribution in [2.24, 2.45) is 0 Å². The van der Waals surface area contributed by atoms with Crippen molar-refractivity contribution in [3.05, 3.63) is 119 Å². The molecule has 0 saturated carbocycles. The zero-order valence-electron chi connectivity index (χ0n) is 16.9. The van der Waals surface area contributed by atoms with E-state index in [0.29, 0.717) is 18.5 Å². The van der Waals surface area contributed by atoms with E-state index in [9.17, 15) is 9.18 Å². The maximum Gasteiger partial charge on any atom is 0.251 e. The number of nitrogens with one attached hydrogen (secondary N) is 4. The summed E-state index contributed by atoms with van der Waals surface area (Å²) in [5, 5.41) is 6.17. The zero-order valence-corrected chi connectivity index (χ0v) is 16.9. The minimum absolute atomic E-state index is 0.152. The van der Waals surface area contributed by atoms with E-state index >= 15 is 0 Å². The third kappa shape index (κ3) is 5.51. The Hall–Kier alpha value is -4.06. The molecule has 0 unspecified atom stereocenters. The molecule has 3 aromatic rings. The third-order valence-corrected chi connectivity index (χ3v) is 4.85. The molecule has 0 atom stereocenters. The average molecular weight is 414 g/mol. The van der Waals surface area contributed by atoms with E-state index in [4.69, 9.17) is 0 Å². The van der Waals surface area contributed by atoms with Crippen molar-refractivity contribution in [1.29, 1.82) is 0 Å². The minimum atomic E-state index is -0.262. The number of amides is 1. The highest BCUT2D eigenvalue weighted by molar-refractivity contribution is 5.95. The average Bonchev–Trinajstić information content (AvgIpc) is 2.81. The highest BCUT2D eigenvalue weighted by Crippen LogP contribution is 2.16. The van der Waals surface area contributed by atoms with E-state index < -0.39 is 0 Å². The first-order chi connectivity index (χ1) is 15.2. The summed E-state index contributed by atoms with van der Waals surface area (Å²) >= 11 is 0. The lowest BCUT2D eigenvalue weighted by atomic mass is 10.1. The van der Waals surface area contributed by atoms with E-state index in [1.807, 2.05) is 54.6 Å². The van der Waals surface area contributed by atoms with Crippen LogP contribution in [-0.2, 0) is 6.42 Å². The number of carbonyl (C=O) groups is 1. The molecule has 0 fully saturated rings. The number of hydrogen-bond donors (Lipinski definition) is 4. The molecule has 0 aliphatic carbocycles. The molecule has 1 amide bonds. The lowest BCUT2D eigenvalue weighted by Crippen LogP contribution is -2.35. The van der Waals surface area contributed by atoms with E-state index in [-0.39, 0.29) is 11.7 Å². The zero-order chi connectivity index (χ0) is 21.5. The van der Waals surface area contributed by atoms with Crippen molar-refractivity contribution in [1.82, 2.24) is 16.2 Å². The number of rotatable bonds is 7. The molecule has 1 aliphatic rings. The fourth-order valence-corrected chi connectivity index (χ4v) is 3.21. The maximum atomic E-state index is 13.0. The number of hydrogen-bond acceptors (Lipinski definition) is 4. The van der Waals surface area contributed by atoms with Gasteiger partial charge in [-0.3, -0.25) is 15.6 Å². The van der Waals surface area contributed by atoms with Crippen molar-refractivity contribution in [3.8, 4) is 0 Å². The molecule has 4 rings (SSSR count). The van der Waals surface area contributed by atoms with E-state index in [2.05, 4.69) is 21.5 Å². The first-order valence-corrected chi connectivity index (χ1v) is 10.1. The Morgan fingerprint density at radius 2 is 1.68 bits per heavy atom. The van der Waals surface area contributed by atoms with Crippen LogP contribution in [0.4, 0.5) is 10.1 Å². The molecule has 31 heavy (non-hydrogen) atoms. The van der Waals surface area contributed by atoms with Crippen LogP contribution in [0.15, 0.2) is 96.8 Å². The van der Waals surface area contributed by atoms with Gasteiger partial charge in [0, 0.05) is 17.8 Å². The summed E-state index contributed by atoms with van der Waals surface area (Å²) in [5.41, 5.74) is 10.7. The van der Waals surface area contributed by atoms with Crippen LogP contribution in [0.1, 0.15) is 21.5 Å². The highest BCUT2D eigenvalue weighted by atomic mass is 19.1. The number of carbonyl (C=O) groups excluding carboxylic acids is 1. The van der Waals surface area contributed by atoms with Crippen LogP contribution < -0.4 is 21.5 Å². The van der Waals surface area contributed by atoms with Gasteiger partial charge in [-0.25, -0.2) is 4.39 Å². The Morgan fingerprint density at radius 3 is 2.42 bits per heavy atom. The molecular formula is C25H23FN4O. The van der Waals surface area contributed by atoms with Gasteiger partial charge < -0.3 is 10.6 Å². The lowest BCUT2D eigenvalue weighted by molar-refractivity contribution is 0.0954. The van der Waals surface area contributed by atoms with Crippen LogP contribution in [-0.4, -0.2) is 12.5 Å². The fourth-order valence-electron chi connectivity index (χ4n) is 3.21. The smallest absolute Gasteiger partial charge is 0.251 e. The summed E-state index contributed by atoms with van der Waals surface area (Å²) in [5.74, 6) is 0.357. The van der Waals surface area contributed by atoms with Gasteiger partial charge in [-0.15, -0.1) is 0 Å². The Bertz CT molecular complexity index is 1110. The van der Waals surface area contributed by atoms with Crippen LogP contribution in [0.5, 0.6) is 0 Å². The van der Waals surface area contributed by atoms with Gasteiger partial charge in [0.25, 0.3) is 5.91 Å². The summed E-state index contributed by atoms with van der Waals surface area (Å²) in [6, 6.07) is 23.6. The summed E-state index contributed by atoms with van der Waals surface area (Å²) in [6.07, 6.45) is 4.57. The van der Waals surface area contributed by atoms with Crippen molar-refractivity contribution in [3.63, 3.8) is 0 Å². The Balaban J connectivity index is 1.34. The molecule has 6 heteroatoms. The predicted octanol–water partition coefficient (Wildman–Crippen LogP) is 4.20. The van der Waals surface area contributed by atoms with E-state index in [0.717, 1.165) is 28.3 Å². The largest absolute Gasteiger partial charge is 0.352 e. The molecular weight excluding hydrogens is 391 g/mol. The monoisotopic (exact) mass is 414 g/mol. The Morgan fingerprint density at radius 1 is 0.871 bits per heavy atom. The van der Waals surface area contributed by atoms with Crippen molar-refractivity contribution >= 4 is 17.3 Å². The second kappa shape index (κ2) is 9.63. The lowest BCUT2D eigenvalue weighted by Gasteiger charge is -2.21. The van der Waals surface area contributed by atoms with Gasteiger partial charge in [0.15, 0.2) is 0 Å². The van der Waals surface area contributed by atoms with Gasteiger partial charge in [-0.05, 0) is 60.0 Å². The minimum Gasteiger partial charge on any atom is -0.352 e. The van der Waals surface area contributed by atoms with Crippen LogP contribution in [0, 0.1) is 5.82 Å². The first kappa shape index (κ1) is 20.2. The van der Waals surface area contributed by atoms with Gasteiger partial charge in [-0.1, -0.05) is 48.5 Å². The predicted molar refractivity (Wildman–Crippen MR) is 121 cm³/mol. The first-order valence-electron chi connectivity index (χ1n) is 10.1. The molecule has 3 aromatic carbocycles. The molecule has 4 N–H and O–H groups in total. The van der Waals surface area contributed by atoms with Crippen molar-refractivity contribution in [2.45, 2.75) is 6.42 Å². The second-order valence-corrected chi connectivity index (χ2v) is 7.11. The van der Waals surface area contributed by atoms with Crippen LogP contribution in [0.25, 0.3) is 5.70 Å². The molecule has 0 saturated heterocycles. The van der Waals surface area contributed by atoms with E-state index in [1.54, 1.807) is 24.3 Å².